The SMILES string of the molecule is CS(=O)(=O)N1CCO[C@H](CNC(=O)Cc2ccc(-n3cnnn3)cc2)C1. The predicted molar refractivity (Wildman–Crippen MR) is 92.0 cm³/mol. The molecule has 0 unspecified atom stereocenters. The normalized spacial score (nSPS) is 18.6. The Kier molecular flexibility index (Phi) is 5.59. The second-order valence-electron chi connectivity index (χ2n) is 6.02. The summed E-state index contributed by atoms with van der Waals surface area (Å²) >= 11 is 0. The van der Waals surface area contributed by atoms with Crippen LogP contribution in [0.15, 0.2) is 30.6 Å². The summed E-state index contributed by atoms with van der Waals surface area (Å²) in [6.45, 7) is 1.19. The molecule has 0 radical (unpaired) electrons. The summed E-state index contributed by atoms with van der Waals surface area (Å²) in [5.74, 6) is -0.153. The van der Waals surface area contributed by atoms with Gasteiger partial charge in [-0.3, -0.25) is 4.79 Å². The molecular formula is C15H20N6O4S. The highest BCUT2D eigenvalue weighted by atomic mass is 32.2. The Hall–Kier alpha value is -2.37. The maximum atomic E-state index is 12.1. The standard InChI is InChI=1S/C15H20N6O4S/c1-26(23,24)20-6-7-25-14(10-20)9-16-15(22)8-12-2-4-13(5-3-12)21-11-17-18-19-21/h2-5,11,14H,6-10H2,1H3,(H,16,22)/t14-/m1/s1. The molecule has 1 fully saturated rings. The molecule has 2 heterocycles. The van der Waals surface area contributed by atoms with Crippen LogP contribution in [0.25, 0.3) is 5.69 Å². The molecule has 0 saturated carbocycles. The van der Waals surface area contributed by atoms with Crippen LogP contribution in [0.4, 0.5) is 0 Å². The van der Waals surface area contributed by atoms with E-state index in [1.807, 2.05) is 24.3 Å². The van der Waals surface area contributed by atoms with Crippen LogP contribution in [0.3, 0.4) is 0 Å². The molecule has 2 aromatic rings. The van der Waals surface area contributed by atoms with Crippen LogP contribution in [-0.4, -0.2) is 77.4 Å². The van der Waals surface area contributed by atoms with Gasteiger partial charge in [-0.05, 0) is 28.1 Å². The van der Waals surface area contributed by atoms with Crippen molar-refractivity contribution in [3.8, 4) is 5.69 Å². The Balaban J connectivity index is 1.48. The third-order valence-electron chi connectivity index (χ3n) is 4.01. The lowest BCUT2D eigenvalue weighted by Gasteiger charge is -2.31. The summed E-state index contributed by atoms with van der Waals surface area (Å²) < 4.78 is 31.6. The average Bonchev–Trinajstić information content (AvgIpc) is 3.15. The number of tetrazole rings is 1. The number of nitrogens with one attached hydrogen (secondary N) is 1. The lowest BCUT2D eigenvalue weighted by molar-refractivity contribution is -0.121. The van der Waals surface area contributed by atoms with Gasteiger partial charge in [-0.25, -0.2) is 13.1 Å². The minimum absolute atomic E-state index is 0.153. The molecule has 1 aromatic heterocycles. The van der Waals surface area contributed by atoms with E-state index in [9.17, 15) is 13.2 Å². The van der Waals surface area contributed by atoms with E-state index in [4.69, 9.17) is 4.74 Å². The molecule has 0 spiro atoms. The van der Waals surface area contributed by atoms with Crippen molar-refractivity contribution < 1.29 is 17.9 Å². The van der Waals surface area contributed by atoms with Crippen LogP contribution in [0.1, 0.15) is 5.56 Å². The van der Waals surface area contributed by atoms with Gasteiger partial charge in [0.1, 0.15) is 6.33 Å². The molecule has 0 aliphatic carbocycles. The van der Waals surface area contributed by atoms with Gasteiger partial charge in [-0.15, -0.1) is 5.10 Å². The Morgan fingerprint density at radius 3 is 2.77 bits per heavy atom. The largest absolute Gasteiger partial charge is 0.374 e. The number of hydrogen-bond acceptors (Lipinski definition) is 7. The van der Waals surface area contributed by atoms with E-state index in [1.165, 1.54) is 21.6 Å². The quantitative estimate of drug-likeness (QED) is 0.681. The minimum Gasteiger partial charge on any atom is -0.374 e. The topological polar surface area (TPSA) is 119 Å². The number of sulfonamides is 1. The molecule has 140 valence electrons. The van der Waals surface area contributed by atoms with Crippen molar-refractivity contribution in [2.24, 2.45) is 0 Å². The number of amides is 1. The monoisotopic (exact) mass is 380 g/mol. The Morgan fingerprint density at radius 2 is 2.12 bits per heavy atom. The molecule has 11 heteroatoms. The molecule has 1 aliphatic heterocycles. The molecule has 1 amide bonds. The second kappa shape index (κ2) is 7.89. The highest BCUT2D eigenvalue weighted by Crippen LogP contribution is 2.10. The Labute approximate surface area is 151 Å². The first kappa shape index (κ1) is 18.4. The van der Waals surface area contributed by atoms with Gasteiger partial charge in [0.05, 0.1) is 31.1 Å². The molecule has 1 saturated heterocycles. The first-order valence-corrected chi connectivity index (χ1v) is 9.92. The Morgan fingerprint density at radius 1 is 1.35 bits per heavy atom. The van der Waals surface area contributed by atoms with Crippen LogP contribution in [-0.2, 0) is 26.0 Å². The zero-order valence-corrected chi connectivity index (χ0v) is 15.1. The number of morpholine rings is 1. The minimum atomic E-state index is -3.24. The number of ether oxygens (including phenoxy) is 1. The smallest absolute Gasteiger partial charge is 0.224 e. The maximum Gasteiger partial charge on any atom is 0.224 e. The van der Waals surface area contributed by atoms with Crippen molar-refractivity contribution in [1.82, 2.24) is 29.8 Å². The molecule has 0 bridgehead atoms. The van der Waals surface area contributed by atoms with Crippen LogP contribution >= 0.6 is 0 Å². The summed E-state index contributed by atoms with van der Waals surface area (Å²) in [6, 6.07) is 7.32. The van der Waals surface area contributed by atoms with Crippen LogP contribution in [0, 0.1) is 0 Å². The molecule has 26 heavy (non-hydrogen) atoms. The number of aromatic nitrogens is 4. The van der Waals surface area contributed by atoms with E-state index in [1.54, 1.807) is 0 Å². The fourth-order valence-electron chi connectivity index (χ4n) is 2.64. The molecule has 1 aliphatic rings. The van der Waals surface area contributed by atoms with E-state index in [0.717, 1.165) is 11.3 Å². The molecular weight excluding hydrogens is 360 g/mol. The molecule has 1 N–H and O–H groups in total. The highest BCUT2D eigenvalue weighted by Gasteiger charge is 2.26. The van der Waals surface area contributed by atoms with Crippen molar-refractivity contribution >= 4 is 15.9 Å². The van der Waals surface area contributed by atoms with Crippen LogP contribution in [0.2, 0.25) is 0 Å². The average molecular weight is 380 g/mol. The summed E-state index contributed by atoms with van der Waals surface area (Å²) in [6.07, 6.45) is 2.54. The second-order valence-corrected chi connectivity index (χ2v) is 8.00. The van der Waals surface area contributed by atoms with Crippen LogP contribution < -0.4 is 5.32 Å². The summed E-state index contributed by atoms with van der Waals surface area (Å²) in [5, 5.41) is 13.7. The van der Waals surface area contributed by atoms with Gasteiger partial charge in [0.15, 0.2) is 0 Å². The summed E-state index contributed by atoms with van der Waals surface area (Å²) in [4.78, 5) is 12.1. The van der Waals surface area contributed by atoms with Crippen molar-refractivity contribution in [3.63, 3.8) is 0 Å². The fourth-order valence-corrected chi connectivity index (χ4v) is 3.48. The summed E-state index contributed by atoms with van der Waals surface area (Å²) in [5.41, 5.74) is 1.65. The predicted octanol–water partition coefficient (Wildman–Crippen LogP) is -1.02. The van der Waals surface area contributed by atoms with Gasteiger partial charge < -0.3 is 10.1 Å². The third-order valence-corrected chi connectivity index (χ3v) is 5.28. The zero-order valence-electron chi connectivity index (χ0n) is 14.3. The lowest BCUT2D eigenvalue weighted by atomic mass is 10.1. The van der Waals surface area contributed by atoms with Crippen molar-refractivity contribution in [1.29, 1.82) is 0 Å². The summed E-state index contributed by atoms with van der Waals surface area (Å²) in [7, 11) is -3.24. The third kappa shape index (κ3) is 4.84. The molecule has 3 rings (SSSR count). The van der Waals surface area contributed by atoms with E-state index in [2.05, 4.69) is 20.8 Å². The zero-order chi connectivity index (χ0) is 18.6. The number of nitrogens with zero attached hydrogens (tertiary/aromatic N) is 5. The number of benzene rings is 1. The maximum absolute atomic E-state index is 12.1. The first-order valence-electron chi connectivity index (χ1n) is 8.07. The van der Waals surface area contributed by atoms with E-state index < -0.39 is 10.0 Å². The van der Waals surface area contributed by atoms with Gasteiger partial charge in [0.25, 0.3) is 0 Å². The number of carbonyl (C=O) groups is 1. The number of carbonyl (C=O) groups excluding carboxylic acids is 1. The van der Waals surface area contributed by atoms with E-state index >= 15 is 0 Å². The van der Waals surface area contributed by atoms with Gasteiger partial charge in [-0.1, -0.05) is 12.1 Å². The molecule has 1 atom stereocenters. The van der Waals surface area contributed by atoms with Crippen molar-refractivity contribution in [2.75, 3.05) is 32.5 Å². The fraction of sp³-hybridized carbons (Fsp3) is 0.467. The van der Waals surface area contributed by atoms with Crippen molar-refractivity contribution in [2.45, 2.75) is 12.5 Å². The Bertz CT molecular complexity index is 838. The van der Waals surface area contributed by atoms with Gasteiger partial charge in [0.2, 0.25) is 15.9 Å². The van der Waals surface area contributed by atoms with Crippen molar-refractivity contribution in [3.05, 3.63) is 36.2 Å². The van der Waals surface area contributed by atoms with Gasteiger partial charge in [-0.2, -0.15) is 4.31 Å². The molecule has 1 aromatic carbocycles. The first-order chi connectivity index (χ1) is 12.4. The number of rotatable bonds is 6. The van der Waals surface area contributed by atoms with Crippen LogP contribution in [0.5, 0.6) is 0 Å². The highest BCUT2D eigenvalue weighted by molar-refractivity contribution is 7.88. The van der Waals surface area contributed by atoms with Gasteiger partial charge >= 0.3 is 0 Å². The lowest BCUT2D eigenvalue weighted by Crippen LogP contribution is -2.49. The molecule has 10 nitrogen and oxygen atoms in total. The number of hydrogen-bond donors (Lipinski definition) is 1. The van der Waals surface area contributed by atoms with E-state index in [0.29, 0.717) is 13.2 Å². The van der Waals surface area contributed by atoms with E-state index in [-0.39, 0.29) is 31.5 Å². The van der Waals surface area contributed by atoms with Gasteiger partial charge in [0, 0.05) is 19.6 Å².